The van der Waals surface area contributed by atoms with Crippen LogP contribution in [0.1, 0.15) is 43.6 Å². The molecule has 0 aliphatic heterocycles. The van der Waals surface area contributed by atoms with E-state index in [-0.39, 0.29) is 17.1 Å². The van der Waals surface area contributed by atoms with Crippen molar-refractivity contribution in [1.82, 2.24) is 0 Å². The second-order valence-electron chi connectivity index (χ2n) is 4.43. The Kier molecular flexibility index (Phi) is 4.26. The molecule has 2 rings (SSSR count). The molecule has 0 bridgehead atoms. The number of hydrogen-bond acceptors (Lipinski definition) is 0. The minimum atomic E-state index is -0.124. The SMILES string of the molecule is Fc1ccc(Br)cc1C1CCCCCC1Cl. The van der Waals surface area contributed by atoms with Gasteiger partial charge in [-0.1, -0.05) is 35.2 Å². The van der Waals surface area contributed by atoms with Gasteiger partial charge in [0, 0.05) is 15.8 Å². The lowest BCUT2D eigenvalue weighted by Crippen LogP contribution is -2.12. The van der Waals surface area contributed by atoms with Crippen molar-refractivity contribution >= 4 is 27.5 Å². The third-order valence-electron chi connectivity index (χ3n) is 3.29. The molecule has 1 aliphatic rings. The van der Waals surface area contributed by atoms with E-state index in [4.69, 9.17) is 11.6 Å². The maximum absolute atomic E-state index is 13.8. The Hall–Kier alpha value is -0.0800. The van der Waals surface area contributed by atoms with E-state index in [1.807, 2.05) is 6.07 Å². The van der Waals surface area contributed by atoms with E-state index in [2.05, 4.69) is 15.9 Å². The first-order valence-electron chi connectivity index (χ1n) is 5.77. The molecule has 0 N–H and O–H groups in total. The Labute approximate surface area is 109 Å². The summed E-state index contributed by atoms with van der Waals surface area (Å²) in [6, 6.07) is 5.13. The van der Waals surface area contributed by atoms with Crippen LogP contribution in [0.4, 0.5) is 4.39 Å². The van der Waals surface area contributed by atoms with E-state index in [0.717, 1.165) is 29.3 Å². The van der Waals surface area contributed by atoms with E-state index in [9.17, 15) is 4.39 Å². The molecular weight excluding hydrogens is 290 g/mol. The second kappa shape index (κ2) is 5.50. The first-order chi connectivity index (χ1) is 7.68. The largest absolute Gasteiger partial charge is 0.207 e. The molecule has 2 atom stereocenters. The van der Waals surface area contributed by atoms with Gasteiger partial charge in [-0.15, -0.1) is 11.6 Å². The number of halogens is 3. The lowest BCUT2D eigenvalue weighted by atomic mass is 9.91. The first kappa shape index (κ1) is 12.4. The molecule has 0 saturated heterocycles. The monoisotopic (exact) mass is 304 g/mol. The van der Waals surface area contributed by atoms with E-state index < -0.39 is 0 Å². The van der Waals surface area contributed by atoms with Crippen molar-refractivity contribution in [3.63, 3.8) is 0 Å². The Morgan fingerprint density at radius 1 is 1.19 bits per heavy atom. The molecule has 0 radical (unpaired) electrons. The minimum absolute atomic E-state index is 0.0753. The number of alkyl halides is 1. The maximum atomic E-state index is 13.8. The topological polar surface area (TPSA) is 0 Å². The third-order valence-corrected chi connectivity index (χ3v) is 4.30. The Balaban J connectivity index is 2.29. The van der Waals surface area contributed by atoms with Crippen LogP contribution in [0.3, 0.4) is 0 Å². The zero-order valence-electron chi connectivity index (χ0n) is 9.06. The zero-order chi connectivity index (χ0) is 11.5. The fraction of sp³-hybridized carbons (Fsp3) is 0.538. The van der Waals surface area contributed by atoms with Crippen molar-refractivity contribution < 1.29 is 4.39 Å². The van der Waals surface area contributed by atoms with Crippen molar-refractivity contribution in [2.45, 2.75) is 43.4 Å². The average Bonchev–Trinajstić information content (AvgIpc) is 2.47. The van der Waals surface area contributed by atoms with Crippen LogP contribution >= 0.6 is 27.5 Å². The lowest BCUT2D eigenvalue weighted by Gasteiger charge is -2.20. The molecule has 1 aromatic carbocycles. The molecule has 3 heteroatoms. The lowest BCUT2D eigenvalue weighted by molar-refractivity contribution is 0.541. The van der Waals surface area contributed by atoms with Crippen LogP contribution in [0.5, 0.6) is 0 Å². The summed E-state index contributed by atoms with van der Waals surface area (Å²) in [6.07, 6.45) is 5.54. The molecule has 0 aromatic heterocycles. The zero-order valence-corrected chi connectivity index (χ0v) is 11.4. The van der Waals surface area contributed by atoms with Crippen molar-refractivity contribution in [3.05, 3.63) is 34.1 Å². The molecule has 0 heterocycles. The normalized spacial score (nSPS) is 26.4. The van der Waals surface area contributed by atoms with Gasteiger partial charge in [0.15, 0.2) is 0 Å². The van der Waals surface area contributed by atoms with Crippen LogP contribution in [0, 0.1) is 5.82 Å². The predicted molar refractivity (Wildman–Crippen MR) is 69.6 cm³/mol. The summed E-state index contributed by atoms with van der Waals surface area (Å²) in [6.45, 7) is 0. The smallest absolute Gasteiger partial charge is 0.126 e. The summed E-state index contributed by atoms with van der Waals surface area (Å²) in [4.78, 5) is 0. The van der Waals surface area contributed by atoms with Gasteiger partial charge in [0.25, 0.3) is 0 Å². The van der Waals surface area contributed by atoms with Crippen LogP contribution < -0.4 is 0 Å². The molecular formula is C13H15BrClF. The van der Waals surface area contributed by atoms with Gasteiger partial charge in [-0.05, 0) is 36.6 Å². The maximum Gasteiger partial charge on any atom is 0.126 e. The number of rotatable bonds is 1. The summed E-state index contributed by atoms with van der Waals surface area (Å²) in [5.41, 5.74) is 0.774. The predicted octanol–water partition coefficient (Wildman–Crippen LogP) is 5.24. The van der Waals surface area contributed by atoms with Gasteiger partial charge >= 0.3 is 0 Å². The van der Waals surface area contributed by atoms with Crippen molar-refractivity contribution in [3.8, 4) is 0 Å². The van der Waals surface area contributed by atoms with Gasteiger partial charge in [0.05, 0.1) is 0 Å². The fourth-order valence-electron chi connectivity index (χ4n) is 2.41. The summed E-state index contributed by atoms with van der Waals surface area (Å²) in [5, 5.41) is 0.0753. The van der Waals surface area contributed by atoms with Gasteiger partial charge in [-0.3, -0.25) is 0 Å². The molecule has 2 unspecified atom stereocenters. The summed E-state index contributed by atoms with van der Waals surface area (Å²) >= 11 is 9.76. The third kappa shape index (κ3) is 2.78. The summed E-state index contributed by atoms with van der Waals surface area (Å²) in [5.74, 6) is 0.0439. The standard InChI is InChI=1S/C13H15BrClF/c14-9-6-7-13(16)11(8-9)10-4-2-1-3-5-12(10)15/h6-8,10,12H,1-5H2. The Morgan fingerprint density at radius 3 is 2.75 bits per heavy atom. The highest BCUT2D eigenvalue weighted by atomic mass is 79.9. The van der Waals surface area contributed by atoms with Gasteiger partial charge in [-0.25, -0.2) is 4.39 Å². The average molecular weight is 306 g/mol. The molecule has 1 fully saturated rings. The van der Waals surface area contributed by atoms with Crippen molar-refractivity contribution in [2.24, 2.45) is 0 Å². The van der Waals surface area contributed by atoms with Crippen LogP contribution in [-0.4, -0.2) is 5.38 Å². The minimum Gasteiger partial charge on any atom is -0.207 e. The Morgan fingerprint density at radius 2 is 1.94 bits per heavy atom. The molecule has 16 heavy (non-hydrogen) atoms. The second-order valence-corrected chi connectivity index (χ2v) is 5.90. The molecule has 0 spiro atoms. The van der Waals surface area contributed by atoms with E-state index in [1.165, 1.54) is 18.9 Å². The highest BCUT2D eigenvalue weighted by Gasteiger charge is 2.25. The van der Waals surface area contributed by atoms with Gasteiger partial charge in [0.2, 0.25) is 0 Å². The molecule has 1 aromatic rings. The molecule has 0 nitrogen and oxygen atoms in total. The first-order valence-corrected chi connectivity index (χ1v) is 7.00. The van der Waals surface area contributed by atoms with Crippen molar-refractivity contribution in [1.29, 1.82) is 0 Å². The van der Waals surface area contributed by atoms with Crippen LogP contribution in [0.2, 0.25) is 0 Å². The molecule has 1 saturated carbocycles. The number of benzene rings is 1. The summed E-state index contributed by atoms with van der Waals surface area (Å²) in [7, 11) is 0. The van der Waals surface area contributed by atoms with E-state index in [1.54, 1.807) is 6.07 Å². The highest BCUT2D eigenvalue weighted by Crippen LogP contribution is 2.37. The van der Waals surface area contributed by atoms with Crippen LogP contribution in [0.15, 0.2) is 22.7 Å². The number of hydrogen-bond donors (Lipinski definition) is 0. The molecule has 1 aliphatic carbocycles. The fourth-order valence-corrected chi connectivity index (χ4v) is 3.21. The van der Waals surface area contributed by atoms with Gasteiger partial charge in [0.1, 0.15) is 5.82 Å². The van der Waals surface area contributed by atoms with E-state index >= 15 is 0 Å². The Bertz CT molecular complexity index is 367. The quantitative estimate of drug-likeness (QED) is 0.491. The van der Waals surface area contributed by atoms with E-state index in [0.29, 0.717) is 0 Å². The van der Waals surface area contributed by atoms with Gasteiger partial charge < -0.3 is 0 Å². The van der Waals surface area contributed by atoms with Crippen LogP contribution in [0.25, 0.3) is 0 Å². The molecule has 88 valence electrons. The van der Waals surface area contributed by atoms with Crippen LogP contribution in [-0.2, 0) is 0 Å². The summed E-state index contributed by atoms with van der Waals surface area (Å²) < 4.78 is 14.7. The molecule has 0 amide bonds. The van der Waals surface area contributed by atoms with Gasteiger partial charge in [-0.2, -0.15) is 0 Å². The highest BCUT2D eigenvalue weighted by molar-refractivity contribution is 9.10. The van der Waals surface area contributed by atoms with Crippen molar-refractivity contribution in [2.75, 3.05) is 0 Å².